The van der Waals surface area contributed by atoms with Gasteiger partial charge in [-0.15, -0.1) is 0 Å². The lowest BCUT2D eigenvalue weighted by Crippen LogP contribution is -2.50. The van der Waals surface area contributed by atoms with E-state index in [4.69, 9.17) is 4.84 Å². The summed E-state index contributed by atoms with van der Waals surface area (Å²) in [6.07, 6.45) is 5.18. The quantitative estimate of drug-likeness (QED) is 0.663. The minimum Gasteiger partial charge on any atom is -0.271 e. The second-order valence-corrected chi connectivity index (χ2v) is 5.28. The third-order valence-electron chi connectivity index (χ3n) is 2.76. The molecule has 0 spiro atoms. The van der Waals surface area contributed by atoms with Crippen molar-refractivity contribution >= 4 is 21.8 Å². The summed E-state index contributed by atoms with van der Waals surface area (Å²) < 4.78 is -0.287. The average Bonchev–Trinajstić information content (AvgIpc) is 2.14. The van der Waals surface area contributed by atoms with Crippen LogP contribution in [-0.2, 0) is 9.63 Å². The second kappa shape index (κ2) is 3.58. The Balaban J connectivity index is 1.95. The average molecular weight is 248 g/mol. The van der Waals surface area contributed by atoms with Gasteiger partial charge in [0.05, 0.1) is 6.61 Å². The van der Waals surface area contributed by atoms with Crippen molar-refractivity contribution < 1.29 is 9.63 Å². The molecule has 1 saturated heterocycles. The Labute approximate surface area is 86.5 Å². The molecule has 74 valence electrons. The fourth-order valence-electron chi connectivity index (χ4n) is 1.68. The Morgan fingerprint density at radius 1 is 1.31 bits per heavy atom. The van der Waals surface area contributed by atoms with E-state index in [1.807, 2.05) is 0 Å². The SMILES string of the molecule is O=C(N1CCCCO1)C1(Br)CCC1. The minimum absolute atomic E-state index is 0.124. The molecule has 0 unspecified atom stereocenters. The number of hydrogen-bond donors (Lipinski definition) is 0. The van der Waals surface area contributed by atoms with E-state index >= 15 is 0 Å². The van der Waals surface area contributed by atoms with Gasteiger partial charge >= 0.3 is 0 Å². The van der Waals surface area contributed by atoms with E-state index in [1.54, 1.807) is 0 Å². The molecular formula is C9H14BrNO2. The zero-order chi connectivity index (χ0) is 9.31. The van der Waals surface area contributed by atoms with Gasteiger partial charge in [0.25, 0.3) is 5.91 Å². The molecule has 0 bridgehead atoms. The maximum Gasteiger partial charge on any atom is 0.262 e. The molecule has 3 nitrogen and oxygen atoms in total. The Hall–Kier alpha value is -0.0900. The second-order valence-electron chi connectivity index (χ2n) is 3.77. The highest BCUT2D eigenvalue weighted by Gasteiger charge is 2.44. The van der Waals surface area contributed by atoms with Gasteiger partial charge < -0.3 is 0 Å². The number of carbonyl (C=O) groups is 1. The summed E-state index contributed by atoms with van der Waals surface area (Å²) in [6, 6.07) is 0. The maximum absolute atomic E-state index is 11.9. The predicted octanol–water partition coefficient (Wildman–Crippen LogP) is 1.86. The molecule has 1 aliphatic heterocycles. The fourth-order valence-corrected chi connectivity index (χ4v) is 2.44. The van der Waals surface area contributed by atoms with Gasteiger partial charge in [0.15, 0.2) is 0 Å². The van der Waals surface area contributed by atoms with Crippen molar-refractivity contribution in [1.29, 1.82) is 0 Å². The largest absolute Gasteiger partial charge is 0.271 e. The molecule has 1 amide bonds. The molecule has 2 fully saturated rings. The normalized spacial score (nSPS) is 26.7. The van der Waals surface area contributed by atoms with Crippen molar-refractivity contribution in [2.45, 2.75) is 36.4 Å². The first kappa shape index (κ1) is 9.46. The van der Waals surface area contributed by atoms with Crippen LogP contribution in [0.5, 0.6) is 0 Å². The molecule has 0 atom stereocenters. The Bertz CT molecular complexity index is 210. The molecule has 0 aromatic heterocycles. The van der Waals surface area contributed by atoms with E-state index < -0.39 is 0 Å². The smallest absolute Gasteiger partial charge is 0.262 e. The molecule has 2 rings (SSSR count). The van der Waals surface area contributed by atoms with Crippen LogP contribution in [0.15, 0.2) is 0 Å². The first-order valence-electron chi connectivity index (χ1n) is 4.86. The number of nitrogens with zero attached hydrogens (tertiary/aromatic N) is 1. The molecule has 2 aliphatic rings. The van der Waals surface area contributed by atoms with Gasteiger partial charge in [-0.05, 0) is 32.1 Å². The molecule has 0 aromatic rings. The summed E-state index contributed by atoms with van der Waals surface area (Å²) in [5, 5.41) is 1.54. The molecule has 1 heterocycles. The summed E-state index contributed by atoms with van der Waals surface area (Å²) in [6.45, 7) is 1.45. The lowest BCUT2D eigenvalue weighted by Gasteiger charge is -2.39. The first-order valence-corrected chi connectivity index (χ1v) is 5.65. The Morgan fingerprint density at radius 2 is 2.08 bits per heavy atom. The number of carbonyl (C=O) groups excluding carboxylic acids is 1. The summed E-state index contributed by atoms with van der Waals surface area (Å²) in [4.78, 5) is 17.2. The zero-order valence-corrected chi connectivity index (χ0v) is 9.18. The molecule has 1 saturated carbocycles. The van der Waals surface area contributed by atoms with Gasteiger partial charge in [-0.3, -0.25) is 9.63 Å². The van der Waals surface area contributed by atoms with Crippen LogP contribution in [0.1, 0.15) is 32.1 Å². The van der Waals surface area contributed by atoms with E-state index in [0.29, 0.717) is 6.61 Å². The van der Waals surface area contributed by atoms with E-state index in [1.165, 1.54) is 5.06 Å². The lowest BCUT2D eigenvalue weighted by molar-refractivity contribution is -0.201. The van der Waals surface area contributed by atoms with Crippen LogP contribution >= 0.6 is 15.9 Å². The zero-order valence-electron chi connectivity index (χ0n) is 7.59. The van der Waals surface area contributed by atoms with Crippen LogP contribution in [0, 0.1) is 0 Å². The summed E-state index contributed by atoms with van der Waals surface area (Å²) in [5.41, 5.74) is 0. The number of halogens is 1. The van der Waals surface area contributed by atoms with Crippen LogP contribution in [0.3, 0.4) is 0 Å². The summed E-state index contributed by atoms with van der Waals surface area (Å²) in [5.74, 6) is 0.124. The third-order valence-corrected chi connectivity index (χ3v) is 3.89. The number of alkyl halides is 1. The standard InChI is InChI=1S/C9H14BrNO2/c10-9(4-3-5-9)8(12)11-6-1-2-7-13-11/h1-7H2. The van der Waals surface area contributed by atoms with Gasteiger partial charge in [0, 0.05) is 6.54 Å². The van der Waals surface area contributed by atoms with Gasteiger partial charge in [-0.2, -0.15) is 0 Å². The van der Waals surface area contributed by atoms with E-state index in [2.05, 4.69) is 15.9 Å². The lowest BCUT2D eigenvalue weighted by atomic mass is 9.84. The monoisotopic (exact) mass is 247 g/mol. The van der Waals surface area contributed by atoms with Crippen LogP contribution < -0.4 is 0 Å². The Kier molecular flexibility index (Phi) is 2.60. The molecule has 0 aromatic carbocycles. The molecule has 13 heavy (non-hydrogen) atoms. The van der Waals surface area contributed by atoms with Crippen molar-refractivity contribution in [1.82, 2.24) is 5.06 Å². The topological polar surface area (TPSA) is 29.5 Å². The number of amides is 1. The van der Waals surface area contributed by atoms with Crippen molar-refractivity contribution in [2.24, 2.45) is 0 Å². The van der Waals surface area contributed by atoms with Crippen molar-refractivity contribution in [3.63, 3.8) is 0 Å². The third kappa shape index (κ3) is 1.74. The van der Waals surface area contributed by atoms with Crippen molar-refractivity contribution in [3.05, 3.63) is 0 Å². The van der Waals surface area contributed by atoms with Gasteiger partial charge in [0.1, 0.15) is 4.32 Å². The fraction of sp³-hybridized carbons (Fsp3) is 0.889. The minimum atomic E-state index is -0.287. The summed E-state index contributed by atoms with van der Waals surface area (Å²) >= 11 is 3.50. The van der Waals surface area contributed by atoms with Gasteiger partial charge in [0.2, 0.25) is 0 Å². The highest BCUT2D eigenvalue weighted by molar-refractivity contribution is 9.10. The van der Waals surface area contributed by atoms with Crippen molar-refractivity contribution in [3.8, 4) is 0 Å². The van der Waals surface area contributed by atoms with Crippen LogP contribution in [0.2, 0.25) is 0 Å². The summed E-state index contributed by atoms with van der Waals surface area (Å²) in [7, 11) is 0. The maximum atomic E-state index is 11.9. The predicted molar refractivity (Wildman–Crippen MR) is 52.4 cm³/mol. The van der Waals surface area contributed by atoms with E-state index in [-0.39, 0.29) is 10.2 Å². The van der Waals surface area contributed by atoms with Gasteiger partial charge in [-0.25, -0.2) is 5.06 Å². The van der Waals surface area contributed by atoms with Crippen molar-refractivity contribution in [2.75, 3.05) is 13.2 Å². The molecule has 0 N–H and O–H groups in total. The number of hydrogen-bond acceptors (Lipinski definition) is 2. The first-order chi connectivity index (χ1) is 6.22. The highest BCUT2D eigenvalue weighted by Crippen LogP contribution is 2.41. The highest BCUT2D eigenvalue weighted by atomic mass is 79.9. The van der Waals surface area contributed by atoms with E-state index in [0.717, 1.165) is 38.6 Å². The van der Waals surface area contributed by atoms with Gasteiger partial charge in [-0.1, -0.05) is 15.9 Å². The molecule has 1 aliphatic carbocycles. The number of hydroxylamine groups is 2. The van der Waals surface area contributed by atoms with Crippen LogP contribution in [0.4, 0.5) is 0 Å². The van der Waals surface area contributed by atoms with E-state index in [9.17, 15) is 4.79 Å². The molecule has 4 heteroatoms. The molecular weight excluding hydrogens is 234 g/mol. The van der Waals surface area contributed by atoms with Crippen LogP contribution in [0.25, 0.3) is 0 Å². The van der Waals surface area contributed by atoms with Crippen LogP contribution in [-0.4, -0.2) is 28.4 Å². The number of rotatable bonds is 1. The Morgan fingerprint density at radius 3 is 2.54 bits per heavy atom. The molecule has 0 radical (unpaired) electrons.